The molecule has 0 N–H and O–H groups in total. The zero-order chi connectivity index (χ0) is 17.6. The summed E-state index contributed by atoms with van der Waals surface area (Å²) >= 11 is 0. The third-order valence-corrected chi connectivity index (χ3v) is 4.79. The predicted molar refractivity (Wildman–Crippen MR) is 89.8 cm³/mol. The van der Waals surface area contributed by atoms with Crippen molar-refractivity contribution in [3.05, 3.63) is 52.8 Å². The first-order valence-electron chi connectivity index (χ1n) is 8.24. The Morgan fingerprint density at radius 1 is 1.24 bits per heavy atom. The Balaban J connectivity index is 1.83. The molecule has 0 unspecified atom stereocenters. The first-order valence-corrected chi connectivity index (χ1v) is 8.24. The maximum atomic E-state index is 13.0. The Labute approximate surface area is 144 Å². The summed E-state index contributed by atoms with van der Waals surface area (Å²) in [5.41, 5.74) is 2.00. The van der Waals surface area contributed by atoms with Crippen LogP contribution < -0.4 is 9.47 Å². The molecule has 1 aromatic heterocycles. The van der Waals surface area contributed by atoms with E-state index in [9.17, 15) is 8.78 Å². The number of hydrogen-bond acceptors (Lipinski definition) is 4. The summed E-state index contributed by atoms with van der Waals surface area (Å²) in [6.45, 7) is 1.64. The van der Waals surface area contributed by atoms with Crippen molar-refractivity contribution >= 4 is 5.71 Å². The van der Waals surface area contributed by atoms with Crippen molar-refractivity contribution in [3.8, 4) is 11.5 Å². The lowest BCUT2D eigenvalue weighted by molar-refractivity contribution is -0.00165. The molecule has 1 aliphatic heterocycles. The molecular formula is C19H18F2N2O2. The summed E-state index contributed by atoms with van der Waals surface area (Å²) in [6, 6.07) is 7.29. The van der Waals surface area contributed by atoms with E-state index in [-0.39, 0.29) is 5.69 Å². The number of ether oxygens (including phenoxy) is 2. The van der Waals surface area contributed by atoms with Gasteiger partial charge in [0.25, 0.3) is 6.43 Å². The summed E-state index contributed by atoms with van der Waals surface area (Å²) < 4.78 is 37.4. The standard InChI is InChI=1S/C19H18F2N2O2/c1-11-8-12(10-22-16(11)18(20)21)17-14-5-4-13(24-2)9-15(14)25-19(23-17)6-3-7-19/h4-5,8-10,18H,3,6-7H2,1-2H3. The molecule has 4 rings (SSSR count). The number of hydrogen-bond donors (Lipinski definition) is 0. The molecule has 0 atom stereocenters. The second kappa shape index (κ2) is 5.79. The molecule has 130 valence electrons. The Kier molecular flexibility index (Phi) is 3.71. The predicted octanol–water partition coefficient (Wildman–Crippen LogP) is 4.45. The molecule has 2 aromatic rings. The molecular weight excluding hydrogens is 326 g/mol. The monoisotopic (exact) mass is 344 g/mol. The molecule has 6 heteroatoms. The second-order valence-electron chi connectivity index (χ2n) is 6.45. The number of benzene rings is 1. The van der Waals surface area contributed by atoms with Gasteiger partial charge < -0.3 is 9.47 Å². The minimum Gasteiger partial charge on any atom is -0.497 e. The fraction of sp³-hybridized carbons (Fsp3) is 0.368. The minimum atomic E-state index is -2.58. The summed E-state index contributed by atoms with van der Waals surface area (Å²) in [5.74, 6) is 1.41. The largest absolute Gasteiger partial charge is 0.497 e. The fourth-order valence-corrected chi connectivity index (χ4v) is 3.26. The van der Waals surface area contributed by atoms with Crippen LogP contribution in [0.3, 0.4) is 0 Å². The van der Waals surface area contributed by atoms with E-state index < -0.39 is 12.2 Å². The Morgan fingerprint density at radius 3 is 2.64 bits per heavy atom. The maximum Gasteiger partial charge on any atom is 0.280 e. The summed E-state index contributed by atoms with van der Waals surface area (Å²) in [7, 11) is 1.61. The van der Waals surface area contributed by atoms with Gasteiger partial charge in [0, 0.05) is 36.2 Å². The van der Waals surface area contributed by atoms with Crippen molar-refractivity contribution in [2.24, 2.45) is 4.99 Å². The van der Waals surface area contributed by atoms with Gasteiger partial charge in [0.05, 0.1) is 12.8 Å². The average molecular weight is 344 g/mol. The van der Waals surface area contributed by atoms with Crippen LogP contribution in [0, 0.1) is 6.92 Å². The number of methoxy groups -OCH3 is 1. The average Bonchev–Trinajstić information content (AvgIpc) is 2.58. The number of fused-ring (bicyclic) bond motifs is 1. The van der Waals surface area contributed by atoms with E-state index in [0.717, 1.165) is 36.1 Å². The van der Waals surface area contributed by atoms with Crippen LogP contribution in [-0.2, 0) is 0 Å². The van der Waals surface area contributed by atoms with E-state index in [0.29, 0.717) is 17.1 Å². The van der Waals surface area contributed by atoms with Crippen molar-refractivity contribution in [2.75, 3.05) is 7.11 Å². The molecule has 4 nitrogen and oxygen atoms in total. The van der Waals surface area contributed by atoms with Gasteiger partial charge in [0.2, 0.25) is 5.72 Å². The number of aliphatic imine (C=N–C) groups is 1. The Hall–Kier alpha value is -2.50. The number of alkyl halides is 2. The quantitative estimate of drug-likeness (QED) is 0.826. The van der Waals surface area contributed by atoms with Gasteiger partial charge in [0.15, 0.2) is 0 Å². The highest BCUT2D eigenvalue weighted by Gasteiger charge is 2.43. The van der Waals surface area contributed by atoms with Gasteiger partial charge in [0.1, 0.15) is 17.2 Å². The van der Waals surface area contributed by atoms with Gasteiger partial charge >= 0.3 is 0 Å². The first kappa shape index (κ1) is 16.0. The maximum absolute atomic E-state index is 13.0. The third kappa shape index (κ3) is 2.65. The van der Waals surface area contributed by atoms with E-state index in [1.165, 1.54) is 6.20 Å². The Morgan fingerprint density at radius 2 is 2.04 bits per heavy atom. The van der Waals surface area contributed by atoms with E-state index in [2.05, 4.69) is 4.98 Å². The molecule has 1 aliphatic carbocycles. The molecule has 1 saturated carbocycles. The molecule has 0 bridgehead atoms. The van der Waals surface area contributed by atoms with Gasteiger partial charge in [-0.1, -0.05) is 0 Å². The normalized spacial score (nSPS) is 17.6. The fourth-order valence-electron chi connectivity index (χ4n) is 3.26. The van der Waals surface area contributed by atoms with Crippen LogP contribution in [-0.4, -0.2) is 23.5 Å². The van der Waals surface area contributed by atoms with Crippen LogP contribution >= 0.6 is 0 Å². The lowest BCUT2D eigenvalue weighted by atomic mass is 9.86. The van der Waals surface area contributed by atoms with Gasteiger partial charge in [-0.3, -0.25) is 4.98 Å². The van der Waals surface area contributed by atoms with E-state index in [1.807, 2.05) is 18.2 Å². The molecule has 0 saturated heterocycles. The Bertz CT molecular complexity index is 860. The molecule has 0 amide bonds. The summed E-state index contributed by atoms with van der Waals surface area (Å²) in [6.07, 6.45) is 1.63. The highest BCUT2D eigenvalue weighted by molar-refractivity contribution is 6.15. The number of nitrogens with zero attached hydrogens (tertiary/aromatic N) is 2. The van der Waals surface area contributed by atoms with Crippen molar-refractivity contribution in [2.45, 2.75) is 38.3 Å². The number of halogens is 2. The minimum absolute atomic E-state index is 0.190. The van der Waals surface area contributed by atoms with Crippen molar-refractivity contribution in [3.63, 3.8) is 0 Å². The molecule has 2 aliphatic rings. The molecule has 25 heavy (non-hydrogen) atoms. The lowest BCUT2D eigenvalue weighted by Gasteiger charge is -2.42. The van der Waals surface area contributed by atoms with Crippen LogP contribution in [0.15, 0.2) is 35.5 Å². The van der Waals surface area contributed by atoms with E-state index in [1.54, 1.807) is 20.1 Å². The van der Waals surface area contributed by atoms with Gasteiger partial charge in [-0.05, 0) is 37.1 Å². The number of rotatable bonds is 3. The SMILES string of the molecule is COc1ccc2c(c1)OC1(CCC1)N=C2c1cnc(C(F)F)c(C)c1. The van der Waals surface area contributed by atoms with Crippen LogP contribution in [0.2, 0.25) is 0 Å². The summed E-state index contributed by atoms with van der Waals surface area (Å²) in [5, 5.41) is 0. The smallest absolute Gasteiger partial charge is 0.280 e. The number of pyridine rings is 1. The van der Waals surface area contributed by atoms with E-state index in [4.69, 9.17) is 14.5 Å². The van der Waals surface area contributed by atoms with Crippen molar-refractivity contribution in [1.29, 1.82) is 0 Å². The molecule has 2 heterocycles. The molecule has 1 spiro atoms. The van der Waals surface area contributed by atoms with E-state index >= 15 is 0 Å². The number of aromatic nitrogens is 1. The zero-order valence-electron chi connectivity index (χ0n) is 14.1. The van der Waals surface area contributed by atoms with Gasteiger partial charge in [-0.15, -0.1) is 0 Å². The first-order chi connectivity index (χ1) is 12.0. The van der Waals surface area contributed by atoms with Crippen LogP contribution in [0.25, 0.3) is 0 Å². The number of aryl methyl sites for hydroxylation is 1. The van der Waals surface area contributed by atoms with Crippen LogP contribution in [0.1, 0.15) is 48.1 Å². The highest BCUT2D eigenvalue weighted by Crippen LogP contribution is 2.44. The van der Waals surface area contributed by atoms with Crippen LogP contribution in [0.5, 0.6) is 11.5 Å². The van der Waals surface area contributed by atoms with Crippen molar-refractivity contribution < 1.29 is 18.3 Å². The van der Waals surface area contributed by atoms with Crippen molar-refractivity contribution in [1.82, 2.24) is 4.98 Å². The third-order valence-electron chi connectivity index (χ3n) is 4.79. The zero-order valence-corrected chi connectivity index (χ0v) is 14.1. The van der Waals surface area contributed by atoms with Crippen LogP contribution in [0.4, 0.5) is 8.78 Å². The second-order valence-corrected chi connectivity index (χ2v) is 6.45. The summed E-state index contributed by atoms with van der Waals surface area (Å²) in [4.78, 5) is 8.78. The topological polar surface area (TPSA) is 43.7 Å². The molecule has 1 fully saturated rings. The molecule has 0 radical (unpaired) electrons. The highest BCUT2D eigenvalue weighted by atomic mass is 19.3. The lowest BCUT2D eigenvalue weighted by Crippen LogP contribution is -2.44. The van der Waals surface area contributed by atoms with Gasteiger partial charge in [-0.25, -0.2) is 13.8 Å². The molecule has 1 aromatic carbocycles. The van der Waals surface area contributed by atoms with Gasteiger partial charge in [-0.2, -0.15) is 0 Å².